The largest absolute Gasteiger partial charge is 0.293 e. The van der Waals surface area contributed by atoms with Crippen LogP contribution in [0.15, 0.2) is 30.3 Å². The molecule has 8 heteroatoms. The van der Waals surface area contributed by atoms with Gasteiger partial charge in [0.1, 0.15) is 0 Å². The Morgan fingerprint density at radius 1 is 1.04 bits per heavy atom. The summed E-state index contributed by atoms with van der Waals surface area (Å²) in [5.74, 6) is -1.16. The van der Waals surface area contributed by atoms with E-state index in [0.717, 1.165) is 4.88 Å². The zero-order valence-corrected chi connectivity index (χ0v) is 15.0. The lowest BCUT2D eigenvalue weighted by Gasteiger charge is -2.08. The van der Waals surface area contributed by atoms with Gasteiger partial charge in [-0.25, -0.2) is 0 Å². The van der Waals surface area contributed by atoms with Crippen LogP contribution in [0.25, 0.3) is 0 Å². The zero-order valence-electron chi connectivity index (χ0n) is 12.7. The van der Waals surface area contributed by atoms with Crippen molar-refractivity contribution in [1.82, 2.24) is 10.9 Å². The Balaban J connectivity index is 1.81. The number of rotatable bonds is 5. The van der Waals surface area contributed by atoms with Crippen molar-refractivity contribution >= 4 is 52.1 Å². The number of aryl methyl sites for hydroxylation is 1. The summed E-state index contributed by atoms with van der Waals surface area (Å²) in [6.07, 6.45) is 0.0406. The van der Waals surface area contributed by atoms with Gasteiger partial charge in [0.2, 0.25) is 5.91 Å². The average molecular weight is 385 g/mol. The summed E-state index contributed by atoms with van der Waals surface area (Å²) in [4.78, 5) is 37.3. The zero-order chi connectivity index (χ0) is 17.7. The van der Waals surface area contributed by atoms with Gasteiger partial charge in [0.15, 0.2) is 5.78 Å². The lowest BCUT2D eigenvalue weighted by Crippen LogP contribution is -2.41. The second-order valence-electron chi connectivity index (χ2n) is 4.96. The molecule has 0 saturated carbocycles. The van der Waals surface area contributed by atoms with Gasteiger partial charge in [-0.05, 0) is 37.3 Å². The minimum atomic E-state index is -0.587. The summed E-state index contributed by atoms with van der Waals surface area (Å²) < 4.78 is 0. The van der Waals surface area contributed by atoms with Crippen molar-refractivity contribution in [2.24, 2.45) is 0 Å². The summed E-state index contributed by atoms with van der Waals surface area (Å²) >= 11 is 13.1. The van der Waals surface area contributed by atoms with Crippen LogP contribution in [-0.4, -0.2) is 17.6 Å². The van der Waals surface area contributed by atoms with Gasteiger partial charge in [0.05, 0.1) is 15.5 Å². The molecular formula is C16H14Cl2N2O3S. The Morgan fingerprint density at radius 3 is 2.46 bits per heavy atom. The Morgan fingerprint density at radius 2 is 1.79 bits per heavy atom. The lowest BCUT2D eigenvalue weighted by atomic mass is 10.2. The molecule has 2 amide bonds. The number of hydrogen-bond acceptors (Lipinski definition) is 4. The molecule has 0 bridgehead atoms. The topological polar surface area (TPSA) is 75.3 Å². The summed E-state index contributed by atoms with van der Waals surface area (Å²) in [6.45, 7) is 1.91. The molecule has 2 N–H and O–H groups in total. The van der Waals surface area contributed by atoms with Crippen LogP contribution in [-0.2, 0) is 4.79 Å². The van der Waals surface area contributed by atoms with Gasteiger partial charge in [-0.3, -0.25) is 25.2 Å². The van der Waals surface area contributed by atoms with Crippen molar-refractivity contribution in [2.75, 3.05) is 0 Å². The minimum absolute atomic E-state index is 0.0284. The first-order valence-corrected chi connectivity index (χ1v) is 8.58. The highest BCUT2D eigenvalue weighted by Crippen LogP contribution is 2.20. The first-order chi connectivity index (χ1) is 11.4. The maximum absolute atomic E-state index is 12.0. The SMILES string of the molecule is Cc1ccc(C(=O)CCC(=O)NNC(=O)c2cc(Cl)ccc2Cl)s1. The number of thiophene rings is 1. The van der Waals surface area contributed by atoms with Crippen LogP contribution in [0.1, 0.15) is 37.7 Å². The molecule has 1 aromatic heterocycles. The highest BCUT2D eigenvalue weighted by Gasteiger charge is 2.14. The van der Waals surface area contributed by atoms with E-state index in [1.165, 1.54) is 23.5 Å². The first-order valence-electron chi connectivity index (χ1n) is 7.00. The third-order valence-corrected chi connectivity index (χ3v) is 4.69. The number of halogens is 2. The molecule has 0 saturated heterocycles. The third kappa shape index (κ3) is 5.06. The van der Waals surface area contributed by atoms with E-state index in [-0.39, 0.29) is 29.2 Å². The number of hydrazine groups is 1. The number of hydrogen-bond donors (Lipinski definition) is 2. The second kappa shape index (κ2) is 8.28. The van der Waals surface area contributed by atoms with Gasteiger partial charge in [-0.2, -0.15) is 0 Å². The van der Waals surface area contributed by atoms with Gasteiger partial charge in [0, 0.05) is 22.7 Å². The minimum Gasteiger partial charge on any atom is -0.293 e. The van der Waals surface area contributed by atoms with Gasteiger partial charge in [-0.1, -0.05) is 23.2 Å². The van der Waals surface area contributed by atoms with E-state index in [1.807, 2.05) is 13.0 Å². The maximum Gasteiger partial charge on any atom is 0.271 e. The van der Waals surface area contributed by atoms with Crippen LogP contribution in [0.2, 0.25) is 10.0 Å². The molecule has 126 valence electrons. The fraction of sp³-hybridized carbons (Fsp3) is 0.188. The number of nitrogens with one attached hydrogen (secondary N) is 2. The van der Waals surface area contributed by atoms with E-state index in [2.05, 4.69) is 10.9 Å². The van der Waals surface area contributed by atoms with E-state index in [0.29, 0.717) is 9.90 Å². The van der Waals surface area contributed by atoms with Crippen molar-refractivity contribution in [2.45, 2.75) is 19.8 Å². The molecule has 0 spiro atoms. The summed E-state index contributed by atoms with van der Waals surface area (Å²) in [5, 5.41) is 0.571. The quantitative estimate of drug-likeness (QED) is 0.608. The number of amides is 2. The molecule has 0 aliphatic rings. The Hall–Kier alpha value is -1.89. The van der Waals surface area contributed by atoms with Crippen LogP contribution >= 0.6 is 34.5 Å². The molecule has 0 radical (unpaired) electrons. The fourth-order valence-electron chi connectivity index (χ4n) is 1.86. The molecule has 2 aromatic rings. The molecule has 24 heavy (non-hydrogen) atoms. The highest BCUT2D eigenvalue weighted by molar-refractivity contribution is 7.14. The lowest BCUT2D eigenvalue weighted by molar-refractivity contribution is -0.121. The van der Waals surface area contributed by atoms with Crippen molar-refractivity contribution in [3.63, 3.8) is 0 Å². The number of carbonyl (C=O) groups excluding carboxylic acids is 3. The number of ketones is 1. The highest BCUT2D eigenvalue weighted by atomic mass is 35.5. The maximum atomic E-state index is 12.0. The first kappa shape index (κ1) is 18.4. The standard InChI is InChI=1S/C16H14Cl2N2O3S/c1-9-2-6-14(24-9)13(21)5-7-15(22)19-20-16(23)11-8-10(17)3-4-12(11)18/h2-4,6,8H,5,7H2,1H3,(H,19,22)(H,20,23). The molecule has 0 aliphatic heterocycles. The Kier molecular flexibility index (Phi) is 6.36. The number of Topliss-reactive ketones (excluding diaryl/α,β-unsaturated/α-hetero) is 1. The van der Waals surface area contributed by atoms with Crippen LogP contribution < -0.4 is 10.9 Å². The molecule has 0 atom stereocenters. The van der Waals surface area contributed by atoms with Crippen molar-refractivity contribution in [3.05, 3.63) is 55.7 Å². The predicted octanol–water partition coefficient (Wildman–Crippen LogP) is 3.79. The smallest absolute Gasteiger partial charge is 0.271 e. The molecule has 0 aliphatic carbocycles. The van der Waals surface area contributed by atoms with Crippen molar-refractivity contribution < 1.29 is 14.4 Å². The van der Waals surface area contributed by atoms with Gasteiger partial charge in [-0.15, -0.1) is 11.3 Å². The predicted molar refractivity (Wildman–Crippen MR) is 94.7 cm³/mol. The molecular weight excluding hydrogens is 371 g/mol. The molecule has 0 fully saturated rings. The molecule has 1 aromatic carbocycles. The van der Waals surface area contributed by atoms with Gasteiger partial charge >= 0.3 is 0 Å². The van der Waals surface area contributed by atoms with Crippen LogP contribution in [0, 0.1) is 6.92 Å². The molecule has 1 heterocycles. The molecule has 5 nitrogen and oxygen atoms in total. The second-order valence-corrected chi connectivity index (χ2v) is 7.09. The van der Waals surface area contributed by atoms with E-state index >= 15 is 0 Å². The summed E-state index contributed by atoms with van der Waals surface area (Å²) in [5.41, 5.74) is 4.64. The van der Waals surface area contributed by atoms with E-state index in [4.69, 9.17) is 23.2 Å². The van der Waals surface area contributed by atoms with Gasteiger partial charge < -0.3 is 0 Å². The Bertz CT molecular complexity index is 789. The van der Waals surface area contributed by atoms with Crippen LogP contribution in [0.4, 0.5) is 0 Å². The number of benzene rings is 1. The van der Waals surface area contributed by atoms with Crippen LogP contribution in [0.3, 0.4) is 0 Å². The molecule has 0 unspecified atom stereocenters. The number of carbonyl (C=O) groups is 3. The van der Waals surface area contributed by atoms with E-state index in [1.54, 1.807) is 12.1 Å². The Labute approximate surface area is 152 Å². The van der Waals surface area contributed by atoms with E-state index < -0.39 is 11.8 Å². The third-order valence-electron chi connectivity index (χ3n) is 3.08. The summed E-state index contributed by atoms with van der Waals surface area (Å²) in [6, 6.07) is 8.03. The van der Waals surface area contributed by atoms with Crippen molar-refractivity contribution in [3.8, 4) is 0 Å². The monoisotopic (exact) mass is 384 g/mol. The average Bonchev–Trinajstić information content (AvgIpc) is 2.99. The summed E-state index contributed by atoms with van der Waals surface area (Å²) in [7, 11) is 0. The normalized spacial score (nSPS) is 10.3. The van der Waals surface area contributed by atoms with Crippen molar-refractivity contribution in [1.29, 1.82) is 0 Å². The van der Waals surface area contributed by atoms with Crippen LogP contribution in [0.5, 0.6) is 0 Å². The van der Waals surface area contributed by atoms with E-state index in [9.17, 15) is 14.4 Å². The molecule has 2 rings (SSSR count). The fourth-order valence-corrected chi connectivity index (χ4v) is 3.07. The van der Waals surface area contributed by atoms with Gasteiger partial charge in [0.25, 0.3) is 5.91 Å².